The van der Waals surface area contributed by atoms with Gasteiger partial charge in [-0.3, -0.25) is 0 Å². The molecule has 1 aromatic rings. The van der Waals surface area contributed by atoms with E-state index < -0.39 is 15.8 Å². The SMILES string of the molecule is CC1(C)CCN(S(=O)(=O)c2ccc(F)c(N)c2)CCS1. The molecular weight excluding hydrogens is 299 g/mol. The third-order valence-corrected chi connectivity index (χ3v) is 6.67. The van der Waals surface area contributed by atoms with Gasteiger partial charge in [-0.05, 0) is 24.6 Å². The fourth-order valence-electron chi connectivity index (χ4n) is 2.07. The average molecular weight is 318 g/mol. The fourth-order valence-corrected chi connectivity index (χ4v) is 4.77. The van der Waals surface area contributed by atoms with Crippen molar-refractivity contribution in [1.29, 1.82) is 0 Å². The Labute approximate surface area is 123 Å². The van der Waals surface area contributed by atoms with Crippen LogP contribution in [0.5, 0.6) is 0 Å². The molecule has 2 rings (SSSR count). The van der Waals surface area contributed by atoms with Gasteiger partial charge in [0.15, 0.2) is 0 Å². The minimum Gasteiger partial charge on any atom is -0.396 e. The Morgan fingerprint density at radius 3 is 2.70 bits per heavy atom. The molecule has 0 amide bonds. The molecule has 20 heavy (non-hydrogen) atoms. The Morgan fingerprint density at radius 2 is 2.05 bits per heavy atom. The standard InChI is InChI=1S/C13H19FN2O2S2/c1-13(2)5-6-16(7-8-19-13)20(17,18)10-3-4-11(14)12(15)9-10/h3-4,9H,5-8,15H2,1-2H3. The van der Waals surface area contributed by atoms with Crippen molar-refractivity contribution in [2.24, 2.45) is 0 Å². The third-order valence-electron chi connectivity index (χ3n) is 3.40. The lowest BCUT2D eigenvalue weighted by molar-refractivity contribution is 0.415. The Morgan fingerprint density at radius 1 is 1.35 bits per heavy atom. The Bertz CT molecular complexity index is 602. The molecule has 112 valence electrons. The third kappa shape index (κ3) is 3.27. The maximum absolute atomic E-state index is 13.2. The summed E-state index contributed by atoms with van der Waals surface area (Å²) in [5.74, 6) is 0.152. The van der Waals surface area contributed by atoms with Gasteiger partial charge in [-0.1, -0.05) is 13.8 Å². The molecule has 1 aromatic carbocycles. The molecule has 1 aliphatic heterocycles. The first kappa shape index (κ1) is 15.6. The summed E-state index contributed by atoms with van der Waals surface area (Å²) in [7, 11) is -3.60. The predicted octanol–water partition coefficient (Wildman–Crippen LogP) is 2.31. The lowest BCUT2D eigenvalue weighted by Crippen LogP contribution is -2.33. The van der Waals surface area contributed by atoms with Gasteiger partial charge in [0.1, 0.15) is 5.82 Å². The van der Waals surface area contributed by atoms with E-state index in [4.69, 9.17) is 5.73 Å². The van der Waals surface area contributed by atoms with Crippen LogP contribution in [0.1, 0.15) is 20.3 Å². The summed E-state index contributed by atoms with van der Waals surface area (Å²) in [5, 5.41) is 0. The minimum absolute atomic E-state index is 0.0566. The van der Waals surface area contributed by atoms with Crippen molar-refractivity contribution >= 4 is 27.5 Å². The largest absolute Gasteiger partial charge is 0.396 e. The first-order valence-corrected chi connectivity index (χ1v) is 8.84. The molecule has 0 spiro atoms. The van der Waals surface area contributed by atoms with Crippen molar-refractivity contribution < 1.29 is 12.8 Å². The van der Waals surface area contributed by atoms with Gasteiger partial charge < -0.3 is 5.73 Å². The van der Waals surface area contributed by atoms with E-state index in [1.54, 1.807) is 11.8 Å². The fraction of sp³-hybridized carbons (Fsp3) is 0.538. The van der Waals surface area contributed by atoms with Gasteiger partial charge in [-0.2, -0.15) is 16.1 Å². The van der Waals surface area contributed by atoms with Crippen LogP contribution in [-0.4, -0.2) is 36.3 Å². The number of nitrogens with zero attached hydrogens (tertiary/aromatic N) is 1. The van der Waals surface area contributed by atoms with Gasteiger partial charge in [0.25, 0.3) is 0 Å². The molecule has 1 heterocycles. The van der Waals surface area contributed by atoms with E-state index in [1.165, 1.54) is 16.4 Å². The summed E-state index contributed by atoms with van der Waals surface area (Å²) < 4.78 is 39.8. The Kier molecular flexibility index (Phi) is 4.32. The molecule has 0 aromatic heterocycles. The molecule has 1 aliphatic rings. The van der Waals surface area contributed by atoms with Crippen LogP contribution in [0.2, 0.25) is 0 Å². The molecule has 0 radical (unpaired) electrons. The van der Waals surface area contributed by atoms with Gasteiger partial charge >= 0.3 is 0 Å². The van der Waals surface area contributed by atoms with Crippen molar-refractivity contribution in [2.45, 2.75) is 29.9 Å². The van der Waals surface area contributed by atoms with E-state index in [-0.39, 0.29) is 15.3 Å². The second kappa shape index (κ2) is 5.54. The van der Waals surface area contributed by atoms with Gasteiger partial charge in [-0.15, -0.1) is 0 Å². The van der Waals surface area contributed by atoms with Crippen molar-refractivity contribution in [3.05, 3.63) is 24.0 Å². The van der Waals surface area contributed by atoms with Gasteiger partial charge in [-0.25, -0.2) is 12.8 Å². The number of sulfonamides is 1. The number of benzene rings is 1. The monoisotopic (exact) mass is 318 g/mol. The van der Waals surface area contributed by atoms with E-state index in [9.17, 15) is 12.8 Å². The predicted molar refractivity (Wildman–Crippen MR) is 80.7 cm³/mol. The van der Waals surface area contributed by atoms with Crippen LogP contribution in [0.3, 0.4) is 0 Å². The van der Waals surface area contributed by atoms with E-state index in [2.05, 4.69) is 13.8 Å². The highest BCUT2D eigenvalue weighted by Crippen LogP contribution is 2.32. The van der Waals surface area contributed by atoms with E-state index in [0.29, 0.717) is 13.1 Å². The lowest BCUT2D eigenvalue weighted by atomic mass is 10.1. The van der Waals surface area contributed by atoms with Crippen LogP contribution in [0.15, 0.2) is 23.1 Å². The number of nitrogens with two attached hydrogens (primary N) is 1. The van der Waals surface area contributed by atoms with Crippen LogP contribution in [0.25, 0.3) is 0 Å². The van der Waals surface area contributed by atoms with E-state index in [1.807, 2.05) is 0 Å². The zero-order valence-electron chi connectivity index (χ0n) is 11.6. The molecule has 0 atom stereocenters. The summed E-state index contributed by atoms with van der Waals surface area (Å²) in [6.45, 7) is 5.17. The maximum Gasteiger partial charge on any atom is 0.243 e. The molecule has 0 bridgehead atoms. The second-order valence-corrected chi connectivity index (χ2v) is 9.19. The van der Waals surface area contributed by atoms with E-state index >= 15 is 0 Å². The number of nitrogen functional groups attached to an aromatic ring is 1. The maximum atomic E-state index is 13.2. The van der Waals surface area contributed by atoms with Crippen molar-refractivity contribution in [2.75, 3.05) is 24.6 Å². The molecular formula is C13H19FN2O2S2. The van der Waals surface area contributed by atoms with Crippen LogP contribution in [0.4, 0.5) is 10.1 Å². The second-order valence-electron chi connectivity index (χ2n) is 5.45. The lowest BCUT2D eigenvalue weighted by Gasteiger charge is -2.22. The average Bonchev–Trinajstić information content (AvgIpc) is 2.54. The van der Waals surface area contributed by atoms with Crippen LogP contribution >= 0.6 is 11.8 Å². The summed E-state index contributed by atoms with van der Waals surface area (Å²) in [5.41, 5.74) is 5.32. The highest BCUT2D eigenvalue weighted by atomic mass is 32.2. The van der Waals surface area contributed by atoms with Crippen molar-refractivity contribution in [3.8, 4) is 0 Å². The topological polar surface area (TPSA) is 63.4 Å². The van der Waals surface area contributed by atoms with Crippen LogP contribution < -0.4 is 5.73 Å². The van der Waals surface area contributed by atoms with Crippen molar-refractivity contribution in [1.82, 2.24) is 4.31 Å². The highest BCUT2D eigenvalue weighted by molar-refractivity contribution is 8.00. The first-order chi connectivity index (χ1) is 9.22. The molecule has 0 unspecified atom stereocenters. The van der Waals surface area contributed by atoms with E-state index in [0.717, 1.165) is 18.2 Å². The minimum atomic E-state index is -3.60. The van der Waals surface area contributed by atoms with Gasteiger partial charge in [0.2, 0.25) is 10.0 Å². The first-order valence-electron chi connectivity index (χ1n) is 6.41. The smallest absolute Gasteiger partial charge is 0.243 e. The van der Waals surface area contributed by atoms with Gasteiger partial charge in [0.05, 0.1) is 10.6 Å². The number of hydrogen-bond donors (Lipinski definition) is 1. The zero-order chi connectivity index (χ0) is 15.0. The Hall–Kier alpha value is -0.790. The molecule has 1 saturated heterocycles. The summed E-state index contributed by atoms with van der Waals surface area (Å²) in [6.07, 6.45) is 0.785. The molecule has 4 nitrogen and oxygen atoms in total. The number of hydrogen-bond acceptors (Lipinski definition) is 4. The quantitative estimate of drug-likeness (QED) is 0.850. The van der Waals surface area contributed by atoms with Crippen LogP contribution in [0, 0.1) is 5.82 Å². The molecule has 0 saturated carbocycles. The van der Waals surface area contributed by atoms with Crippen LogP contribution in [-0.2, 0) is 10.0 Å². The number of thioether (sulfide) groups is 1. The van der Waals surface area contributed by atoms with Crippen molar-refractivity contribution in [3.63, 3.8) is 0 Å². The summed E-state index contributed by atoms with van der Waals surface area (Å²) in [4.78, 5) is 0.0566. The zero-order valence-corrected chi connectivity index (χ0v) is 13.2. The molecule has 1 fully saturated rings. The van der Waals surface area contributed by atoms with Gasteiger partial charge in [0, 0.05) is 23.6 Å². The normalized spacial score (nSPS) is 20.6. The Balaban J connectivity index is 2.28. The molecule has 2 N–H and O–H groups in total. The summed E-state index contributed by atoms with van der Waals surface area (Å²) in [6, 6.07) is 3.55. The molecule has 0 aliphatic carbocycles. The number of anilines is 1. The highest BCUT2D eigenvalue weighted by Gasteiger charge is 2.31. The number of rotatable bonds is 2. The summed E-state index contributed by atoms with van der Waals surface area (Å²) >= 11 is 1.77. The number of halogens is 1. The molecule has 7 heteroatoms.